The van der Waals surface area contributed by atoms with Gasteiger partial charge in [-0.3, -0.25) is 9.59 Å². The first-order chi connectivity index (χ1) is 11.6. The maximum absolute atomic E-state index is 13.9. The topological polar surface area (TPSA) is 66.6 Å². The second-order valence-electron chi connectivity index (χ2n) is 6.62. The Balaban J connectivity index is 0.00000225. The number of piperidine rings is 2. The zero-order valence-electron chi connectivity index (χ0n) is 14.2. The van der Waals surface area contributed by atoms with E-state index in [1.807, 2.05) is 4.90 Å². The molecule has 0 spiro atoms. The molecule has 1 aromatic carbocycles. The van der Waals surface area contributed by atoms with Crippen LogP contribution in [0.5, 0.6) is 0 Å². The molecule has 2 heterocycles. The van der Waals surface area contributed by atoms with E-state index in [1.165, 1.54) is 12.1 Å². The Bertz CT molecular complexity index is 628. The lowest BCUT2D eigenvalue weighted by atomic mass is 9.83. The van der Waals surface area contributed by atoms with Gasteiger partial charge in [0.2, 0.25) is 5.91 Å². The third-order valence-electron chi connectivity index (χ3n) is 5.14. The van der Waals surface area contributed by atoms with Crippen molar-refractivity contribution in [2.24, 2.45) is 11.7 Å². The SMILES string of the molecule is Cl.NCCCN1C(=O)CC[C@H]2CN(C(=O)c3ccccc3F)CC[C@H]21. The highest BCUT2D eigenvalue weighted by atomic mass is 35.5. The van der Waals surface area contributed by atoms with Crippen LogP contribution in [-0.2, 0) is 4.79 Å². The van der Waals surface area contributed by atoms with Gasteiger partial charge < -0.3 is 15.5 Å². The number of nitrogens with zero attached hydrogens (tertiary/aromatic N) is 2. The van der Waals surface area contributed by atoms with E-state index in [0.29, 0.717) is 32.6 Å². The Morgan fingerprint density at radius 2 is 2.04 bits per heavy atom. The molecule has 2 aliphatic rings. The van der Waals surface area contributed by atoms with Crippen molar-refractivity contribution in [1.82, 2.24) is 9.80 Å². The molecule has 2 amide bonds. The summed E-state index contributed by atoms with van der Waals surface area (Å²) in [7, 11) is 0. The molecule has 2 aliphatic heterocycles. The smallest absolute Gasteiger partial charge is 0.256 e. The van der Waals surface area contributed by atoms with Gasteiger partial charge >= 0.3 is 0 Å². The van der Waals surface area contributed by atoms with Gasteiger partial charge in [-0.15, -0.1) is 12.4 Å². The standard InChI is InChI=1S/C18H24FN3O2.ClH/c19-15-5-2-1-4-14(15)18(24)21-11-8-16-13(12-21)6-7-17(23)22(16)10-3-9-20;/h1-2,4-5,13,16H,3,6-12,20H2;1H/t13-,16+;/m0./s1. The van der Waals surface area contributed by atoms with Crippen molar-refractivity contribution in [2.75, 3.05) is 26.2 Å². The number of carbonyl (C=O) groups excluding carboxylic acids is 2. The molecule has 0 saturated carbocycles. The number of halogens is 2. The number of nitrogens with two attached hydrogens (primary N) is 1. The predicted octanol–water partition coefficient (Wildman–Crippen LogP) is 2.05. The van der Waals surface area contributed by atoms with Gasteiger partial charge in [-0.05, 0) is 43.9 Å². The number of amides is 2. The summed E-state index contributed by atoms with van der Waals surface area (Å²) in [6.45, 7) is 2.40. The molecule has 2 N–H and O–H groups in total. The van der Waals surface area contributed by atoms with E-state index in [1.54, 1.807) is 17.0 Å². The maximum atomic E-state index is 13.9. The van der Waals surface area contributed by atoms with Gasteiger partial charge in [0.15, 0.2) is 0 Å². The molecule has 2 saturated heterocycles. The minimum absolute atomic E-state index is 0. The Kier molecular flexibility index (Phi) is 6.79. The molecule has 0 aliphatic carbocycles. The fourth-order valence-electron chi connectivity index (χ4n) is 3.89. The summed E-state index contributed by atoms with van der Waals surface area (Å²) in [5.74, 6) is -0.270. The largest absolute Gasteiger partial charge is 0.339 e. The van der Waals surface area contributed by atoms with Gasteiger partial charge in [0.05, 0.1) is 5.56 Å². The lowest BCUT2D eigenvalue weighted by molar-refractivity contribution is -0.140. The second kappa shape index (κ2) is 8.63. The fraction of sp³-hybridized carbons (Fsp3) is 0.556. The van der Waals surface area contributed by atoms with Crippen LogP contribution in [0, 0.1) is 11.7 Å². The summed E-state index contributed by atoms with van der Waals surface area (Å²) in [6, 6.07) is 6.29. The highest BCUT2D eigenvalue weighted by Gasteiger charge is 2.40. The zero-order chi connectivity index (χ0) is 17.1. The van der Waals surface area contributed by atoms with Gasteiger partial charge in [0.1, 0.15) is 5.82 Å². The van der Waals surface area contributed by atoms with Crippen LogP contribution in [0.1, 0.15) is 36.0 Å². The van der Waals surface area contributed by atoms with Crippen LogP contribution in [0.15, 0.2) is 24.3 Å². The molecule has 5 nitrogen and oxygen atoms in total. The van der Waals surface area contributed by atoms with Crippen molar-refractivity contribution in [3.8, 4) is 0 Å². The van der Waals surface area contributed by atoms with Gasteiger partial charge in [-0.1, -0.05) is 12.1 Å². The van der Waals surface area contributed by atoms with Crippen LogP contribution >= 0.6 is 12.4 Å². The molecule has 1 aromatic rings. The molecule has 3 rings (SSSR count). The lowest BCUT2D eigenvalue weighted by Crippen LogP contribution is -2.57. The van der Waals surface area contributed by atoms with E-state index in [4.69, 9.17) is 5.73 Å². The number of hydrogen-bond acceptors (Lipinski definition) is 3. The molecule has 0 bridgehead atoms. The average Bonchev–Trinajstić information content (AvgIpc) is 2.60. The van der Waals surface area contributed by atoms with Crippen molar-refractivity contribution in [1.29, 1.82) is 0 Å². The van der Waals surface area contributed by atoms with E-state index < -0.39 is 5.82 Å². The highest BCUT2D eigenvalue weighted by Crippen LogP contribution is 2.32. The highest BCUT2D eigenvalue weighted by molar-refractivity contribution is 5.94. The van der Waals surface area contributed by atoms with Gasteiger partial charge in [0, 0.05) is 32.1 Å². The van der Waals surface area contributed by atoms with E-state index in [-0.39, 0.29) is 41.7 Å². The summed E-state index contributed by atoms with van der Waals surface area (Å²) in [5.41, 5.74) is 5.70. The minimum Gasteiger partial charge on any atom is -0.339 e. The van der Waals surface area contributed by atoms with Crippen LogP contribution in [-0.4, -0.2) is 53.8 Å². The third kappa shape index (κ3) is 4.12. The Hall–Kier alpha value is -1.66. The summed E-state index contributed by atoms with van der Waals surface area (Å²) >= 11 is 0. The molecule has 0 radical (unpaired) electrons. The molecule has 0 aromatic heterocycles. The van der Waals surface area contributed by atoms with Crippen LogP contribution in [0.25, 0.3) is 0 Å². The molecular weight excluding hydrogens is 345 g/mol. The fourth-order valence-corrected chi connectivity index (χ4v) is 3.89. The Labute approximate surface area is 153 Å². The van der Waals surface area contributed by atoms with Crippen molar-refractivity contribution in [3.63, 3.8) is 0 Å². The maximum Gasteiger partial charge on any atom is 0.256 e. The number of fused-ring (bicyclic) bond motifs is 1. The number of carbonyl (C=O) groups is 2. The number of likely N-dealkylation sites (tertiary alicyclic amines) is 2. The van der Waals surface area contributed by atoms with Gasteiger partial charge in [-0.2, -0.15) is 0 Å². The van der Waals surface area contributed by atoms with Crippen molar-refractivity contribution >= 4 is 24.2 Å². The number of rotatable bonds is 4. The summed E-state index contributed by atoms with van der Waals surface area (Å²) in [6.07, 6.45) is 2.87. The van der Waals surface area contributed by atoms with E-state index in [2.05, 4.69) is 0 Å². The van der Waals surface area contributed by atoms with E-state index in [9.17, 15) is 14.0 Å². The summed E-state index contributed by atoms with van der Waals surface area (Å²) in [4.78, 5) is 28.5. The first-order valence-electron chi connectivity index (χ1n) is 8.65. The van der Waals surface area contributed by atoms with E-state index >= 15 is 0 Å². The summed E-state index contributed by atoms with van der Waals surface area (Å²) in [5, 5.41) is 0. The predicted molar refractivity (Wildman–Crippen MR) is 96.1 cm³/mol. The Morgan fingerprint density at radius 3 is 2.76 bits per heavy atom. The van der Waals surface area contributed by atoms with Gasteiger partial charge in [0.25, 0.3) is 5.91 Å². The van der Waals surface area contributed by atoms with Crippen molar-refractivity contribution < 1.29 is 14.0 Å². The normalized spacial score (nSPS) is 23.0. The first kappa shape index (κ1) is 19.7. The molecule has 2 atom stereocenters. The molecule has 138 valence electrons. The average molecular weight is 370 g/mol. The van der Waals surface area contributed by atoms with E-state index in [0.717, 1.165) is 19.3 Å². The summed E-state index contributed by atoms with van der Waals surface area (Å²) < 4.78 is 13.9. The monoisotopic (exact) mass is 369 g/mol. The van der Waals surface area contributed by atoms with Crippen LogP contribution in [0.2, 0.25) is 0 Å². The molecule has 7 heteroatoms. The second-order valence-corrected chi connectivity index (χ2v) is 6.62. The Morgan fingerprint density at radius 1 is 1.28 bits per heavy atom. The molecule has 25 heavy (non-hydrogen) atoms. The van der Waals surface area contributed by atoms with Crippen molar-refractivity contribution in [2.45, 2.75) is 31.7 Å². The minimum atomic E-state index is -0.479. The third-order valence-corrected chi connectivity index (χ3v) is 5.14. The molecule has 0 unspecified atom stereocenters. The molecule has 2 fully saturated rings. The number of hydrogen-bond donors (Lipinski definition) is 1. The van der Waals surface area contributed by atoms with Crippen LogP contribution in [0.4, 0.5) is 4.39 Å². The van der Waals surface area contributed by atoms with Crippen molar-refractivity contribution in [3.05, 3.63) is 35.6 Å². The van der Waals surface area contributed by atoms with Crippen LogP contribution < -0.4 is 5.73 Å². The lowest BCUT2D eigenvalue weighted by Gasteiger charge is -2.47. The number of benzene rings is 1. The quantitative estimate of drug-likeness (QED) is 0.883. The molecular formula is C18H25ClFN3O2. The zero-order valence-corrected chi connectivity index (χ0v) is 15.0. The van der Waals surface area contributed by atoms with Gasteiger partial charge in [-0.25, -0.2) is 4.39 Å². The first-order valence-corrected chi connectivity index (χ1v) is 8.65. The van der Waals surface area contributed by atoms with Crippen LogP contribution in [0.3, 0.4) is 0 Å².